The Morgan fingerprint density at radius 1 is 0.500 bits per heavy atom. The number of nitrogens with zero attached hydrogens (tertiary/aromatic N) is 1. The van der Waals surface area contributed by atoms with Crippen LogP contribution in [0.15, 0.2) is 85.1 Å². The molecule has 8 nitrogen and oxygen atoms in total. The second-order valence-corrected chi connectivity index (χ2v) is 22.1. The molecule has 1 amide bonds. The highest BCUT2D eigenvalue weighted by atomic mass is 31.2. The van der Waals surface area contributed by atoms with E-state index in [-0.39, 0.29) is 19.1 Å². The first kappa shape index (κ1) is 67.7. The van der Waals surface area contributed by atoms with Gasteiger partial charge in [-0.1, -0.05) is 247 Å². The number of carbonyl (C=O) groups excluding carboxylic acids is 1. The molecule has 70 heavy (non-hydrogen) atoms. The molecule has 406 valence electrons. The van der Waals surface area contributed by atoms with E-state index < -0.39 is 20.0 Å². The van der Waals surface area contributed by atoms with Gasteiger partial charge in [0, 0.05) is 6.42 Å². The van der Waals surface area contributed by atoms with Gasteiger partial charge in [0.1, 0.15) is 13.2 Å². The lowest BCUT2D eigenvalue weighted by atomic mass is 10.0. The molecule has 0 rings (SSSR count). The number of aliphatic hydroxyl groups is 1. The standard InChI is InChI=1S/C61H111N2O6P/c1-6-8-10-12-14-16-18-20-22-24-26-27-28-29-30-31-32-33-34-35-37-38-40-42-44-46-48-50-52-54-60(64)59(58-69-70(66,67)68-57-56-63(3,4)5)62-61(65)55-53-51-49-47-45-43-41-39-36-25-23-21-19-17-15-13-11-9-7-2/h9,11,15,17,21,23,36,39,43-46,52,54,59-60,64H,6-8,10,12-14,16,18-20,22,24-35,37-38,40-42,47-51,53,55-58H2,1-5H3,(H-,62,65,66,67)/p+1/b11-9-,17-15-,23-21-,39-36-,45-43-,46-44+,54-52+. The number of rotatable bonds is 52. The van der Waals surface area contributed by atoms with E-state index in [1.165, 1.54) is 148 Å². The third-order valence-electron chi connectivity index (χ3n) is 12.6. The summed E-state index contributed by atoms with van der Waals surface area (Å²) in [6.07, 6.45) is 72.8. The zero-order valence-electron chi connectivity index (χ0n) is 46.2. The number of aliphatic hydroxyl groups excluding tert-OH is 1. The average Bonchev–Trinajstić information content (AvgIpc) is 3.32. The number of nitrogens with one attached hydrogen (secondary N) is 1. The predicted molar refractivity (Wildman–Crippen MR) is 304 cm³/mol. The number of hydrogen-bond donors (Lipinski definition) is 3. The Morgan fingerprint density at radius 3 is 1.31 bits per heavy atom. The van der Waals surface area contributed by atoms with Gasteiger partial charge in [-0.25, -0.2) is 4.57 Å². The van der Waals surface area contributed by atoms with E-state index in [1.807, 2.05) is 27.2 Å². The van der Waals surface area contributed by atoms with E-state index in [0.29, 0.717) is 23.9 Å². The number of likely N-dealkylation sites (N-methyl/N-ethyl adjacent to an activating group) is 1. The van der Waals surface area contributed by atoms with Gasteiger partial charge in [-0.05, 0) is 77.0 Å². The van der Waals surface area contributed by atoms with Crippen LogP contribution in [0.4, 0.5) is 0 Å². The van der Waals surface area contributed by atoms with Crippen LogP contribution in [-0.2, 0) is 18.4 Å². The molecule has 0 fully saturated rings. The molecule has 0 saturated carbocycles. The van der Waals surface area contributed by atoms with Crippen LogP contribution in [0.5, 0.6) is 0 Å². The highest BCUT2D eigenvalue weighted by molar-refractivity contribution is 7.47. The van der Waals surface area contributed by atoms with Gasteiger partial charge in [0.15, 0.2) is 0 Å². The highest BCUT2D eigenvalue weighted by Gasteiger charge is 2.27. The lowest BCUT2D eigenvalue weighted by Gasteiger charge is -2.25. The zero-order chi connectivity index (χ0) is 51.3. The van der Waals surface area contributed by atoms with Crippen molar-refractivity contribution >= 4 is 13.7 Å². The van der Waals surface area contributed by atoms with Crippen LogP contribution in [0.1, 0.15) is 245 Å². The highest BCUT2D eigenvalue weighted by Crippen LogP contribution is 2.43. The summed E-state index contributed by atoms with van der Waals surface area (Å²) in [7, 11) is 1.52. The Bertz CT molecular complexity index is 1410. The fourth-order valence-corrected chi connectivity index (χ4v) is 8.82. The minimum absolute atomic E-state index is 0.0452. The maximum atomic E-state index is 12.9. The van der Waals surface area contributed by atoms with Crippen molar-refractivity contribution in [3.8, 4) is 0 Å². The Kier molecular flexibility index (Phi) is 49.9. The molecule has 0 aliphatic heterocycles. The molecule has 0 aromatic carbocycles. The lowest BCUT2D eigenvalue weighted by molar-refractivity contribution is -0.870. The van der Waals surface area contributed by atoms with Crippen LogP contribution < -0.4 is 5.32 Å². The molecule has 0 aliphatic carbocycles. The van der Waals surface area contributed by atoms with Gasteiger partial charge in [0.25, 0.3) is 0 Å². The summed E-state index contributed by atoms with van der Waals surface area (Å²) >= 11 is 0. The zero-order valence-corrected chi connectivity index (χ0v) is 47.1. The third kappa shape index (κ3) is 53.5. The average molecular weight is 1000 g/mol. The molecular weight excluding hydrogens is 888 g/mol. The van der Waals surface area contributed by atoms with Gasteiger partial charge >= 0.3 is 7.82 Å². The van der Waals surface area contributed by atoms with Crippen LogP contribution >= 0.6 is 7.82 Å². The molecule has 3 unspecified atom stereocenters. The topological polar surface area (TPSA) is 105 Å². The molecule has 0 spiro atoms. The number of phosphoric acid groups is 1. The molecule has 9 heteroatoms. The van der Waals surface area contributed by atoms with Crippen molar-refractivity contribution in [1.29, 1.82) is 0 Å². The minimum Gasteiger partial charge on any atom is -0.387 e. The van der Waals surface area contributed by atoms with Crippen molar-refractivity contribution in [3.63, 3.8) is 0 Å². The van der Waals surface area contributed by atoms with Crippen LogP contribution in [0.2, 0.25) is 0 Å². The summed E-state index contributed by atoms with van der Waals surface area (Å²) in [5.74, 6) is -0.219. The summed E-state index contributed by atoms with van der Waals surface area (Å²) in [5.41, 5.74) is 0. The molecule has 0 saturated heterocycles. The SMILES string of the molecule is CC/C=C\C/C=C\C/C=C\C/C=C\C/C=C\CCCCCC(=O)NC(COP(=O)(O)OCC[N+](C)(C)C)C(O)/C=C/CC/C=C/CCCCCCCCCCCCCCCCCCCCCCCCC. The van der Waals surface area contributed by atoms with Crippen molar-refractivity contribution in [3.05, 3.63) is 85.1 Å². The molecule has 0 aliphatic rings. The molecule has 0 aromatic rings. The quantitative estimate of drug-likeness (QED) is 0.0243. The van der Waals surface area contributed by atoms with Gasteiger partial charge in [-0.15, -0.1) is 0 Å². The van der Waals surface area contributed by atoms with Crippen molar-refractivity contribution in [2.24, 2.45) is 0 Å². The minimum atomic E-state index is -4.37. The molecular formula is C61H112N2O6P+. The first-order valence-electron chi connectivity index (χ1n) is 29.0. The normalized spacial score (nSPS) is 14.6. The van der Waals surface area contributed by atoms with Gasteiger partial charge in [-0.2, -0.15) is 0 Å². The predicted octanol–water partition coefficient (Wildman–Crippen LogP) is 17.6. The van der Waals surface area contributed by atoms with E-state index >= 15 is 0 Å². The summed E-state index contributed by atoms with van der Waals surface area (Å²) in [5, 5.41) is 13.9. The van der Waals surface area contributed by atoms with Crippen LogP contribution in [-0.4, -0.2) is 73.4 Å². The largest absolute Gasteiger partial charge is 0.472 e. The van der Waals surface area contributed by atoms with Crippen LogP contribution in [0.25, 0.3) is 0 Å². The Morgan fingerprint density at radius 2 is 0.871 bits per heavy atom. The Hall–Kier alpha value is -2.32. The number of unbranched alkanes of at least 4 members (excludes halogenated alkanes) is 27. The second-order valence-electron chi connectivity index (χ2n) is 20.6. The molecule has 0 bridgehead atoms. The number of allylic oxidation sites excluding steroid dienone is 13. The third-order valence-corrected chi connectivity index (χ3v) is 13.6. The fourth-order valence-electron chi connectivity index (χ4n) is 8.09. The monoisotopic (exact) mass is 1000 g/mol. The first-order chi connectivity index (χ1) is 34.0. The first-order valence-corrected chi connectivity index (χ1v) is 30.5. The maximum absolute atomic E-state index is 12.9. The second kappa shape index (κ2) is 51.6. The molecule has 3 atom stereocenters. The molecule has 3 N–H and O–H groups in total. The van der Waals surface area contributed by atoms with E-state index in [0.717, 1.165) is 70.6 Å². The van der Waals surface area contributed by atoms with E-state index in [4.69, 9.17) is 9.05 Å². The fraction of sp³-hybridized carbons (Fsp3) is 0.754. The molecule has 0 aromatic heterocycles. The summed E-state index contributed by atoms with van der Waals surface area (Å²) in [4.78, 5) is 23.3. The lowest BCUT2D eigenvalue weighted by Crippen LogP contribution is -2.45. The van der Waals surface area contributed by atoms with Gasteiger partial charge in [0.05, 0.1) is 39.9 Å². The van der Waals surface area contributed by atoms with Gasteiger partial charge in [0.2, 0.25) is 5.91 Å². The smallest absolute Gasteiger partial charge is 0.387 e. The molecule has 0 radical (unpaired) electrons. The summed E-state index contributed by atoms with van der Waals surface area (Å²) in [6.45, 7) is 4.66. The number of hydrogen-bond acceptors (Lipinski definition) is 5. The van der Waals surface area contributed by atoms with Crippen molar-refractivity contribution in [2.45, 2.75) is 257 Å². The van der Waals surface area contributed by atoms with Crippen molar-refractivity contribution in [2.75, 3.05) is 40.9 Å². The Balaban J connectivity index is 4.28. The van der Waals surface area contributed by atoms with Crippen LogP contribution in [0, 0.1) is 0 Å². The van der Waals surface area contributed by atoms with Crippen molar-refractivity contribution in [1.82, 2.24) is 5.32 Å². The maximum Gasteiger partial charge on any atom is 0.472 e. The number of carbonyl (C=O) groups is 1. The summed E-state index contributed by atoms with van der Waals surface area (Å²) in [6, 6.07) is -0.887. The van der Waals surface area contributed by atoms with E-state index in [1.54, 1.807) is 6.08 Å². The Labute approximate surface area is 433 Å². The van der Waals surface area contributed by atoms with E-state index in [2.05, 4.69) is 92.1 Å². The molecule has 0 heterocycles. The number of phosphoric ester groups is 1. The number of amides is 1. The van der Waals surface area contributed by atoms with Gasteiger partial charge in [-0.3, -0.25) is 13.8 Å². The summed E-state index contributed by atoms with van der Waals surface area (Å²) < 4.78 is 23.7. The van der Waals surface area contributed by atoms with Crippen LogP contribution in [0.3, 0.4) is 0 Å². The van der Waals surface area contributed by atoms with E-state index in [9.17, 15) is 19.4 Å². The van der Waals surface area contributed by atoms with Gasteiger partial charge < -0.3 is 19.8 Å². The number of quaternary nitrogens is 1. The van der Waals surface area contributed by atoms with Crippen molar-refractivity contribution < 1.29 is 32.9 Å².